The zero-order valence-corrected chi connectivity index (χ0v) is 47.3. The molecule has 0 aromatic heterocycles. The van der Waals surface area contributed by atoms with Crippen LogP contribution < -0.4 is 0 Å². The third kappa shape index (κ3) is 11.1. The molecule has 0 spiro atoms. The second-order valence-corrected chi connectivity index (χ2v) is 24.3. The molecule has 0 unspecified atom stereocenters. The Bertz CT molecular complexity index is 2210. The lowest BCUT2D eigenvalue weighted by atomic mass is 9.42. The third-order valence-corrected chi connectivity index (χ3v) is 20.3. The van der Waals surface area contributed by atoms with Gasteiger partial charge in [-0.05, 0) is 114 Å². The van der Waals surface area contributed by atoms with Crippen molar-refractivity contribution in [3.63, 3.8) is 0 Å². The summed E-state index contributed by atoms with van der Waals surface area (Å²) in [6, 6.07) is 8.60. The molecular weight excluding hydrogens is 1040 g/mol. The number of aliphatic hydroxyl groups excluding tert-OH is 5. The summed E-state index contributed by atoms with van der Waals surface area (Å²) >= 11 is 0. The SMILES string of the molecule is CO[C@@H]1[C@@H](O)[C@H](O[C@@H]2[C@@H](C)O[C@@H](O[C@H]3[C@@H](OC)C[C@H](O[C@H]4CC[C@@]5(C)[C@@H](CC[C@@H]6[C@@H]5C[C@@H](OC(C)=O)[C@]5(C)[C@](O)([C@H](C)OC(=O)c7ccccc7)CC[C@]65O)C4)O[C@@H]3C)C[C@H]2OC)O[C@H](C)[C@H]1O[C@@H]1O[C@H](CO)[C@@H](O)[C@H](O)[C@H]1O. The van der Waals surface area contributed by atoms with Crippen LogP contribution in [-0.4, -0.2) is 216 Å². The first-order valence-electron chi connectivity index (χ1n) is 28.5. The number of ether oxygens (including phenoxy) is 13. The van der Waals surface area contributed by atoms with Crippen LogP contribution in [0, 0.1) is 28.6 Å². The lowest BCUT2D eigenvalue weighted by Gasteiger charge is -2.66. The fourth-order valence-electron chi connectivity index (χ4n) is 15.7. The first kappa shape index (κ1) is 61.0. The van der Waals surface area contributed by atoms with E-state index in [9.17, 15) is 45.3 Å². The molecule has 1 aromatic carbocycles. The number of rotatable bonds is 16. The molecular formula is C57H88O22. The molecule has 0 radical (unpaired) electrons. The zero-order chi connectivity index (χ0) is 57.1. The standard InChI is InChI=1S/C57H88O22/c1-27-47(77-42-25-38(68-9)48(28(2)71-42)78-53-46(63)50(69-10)49(29(3)72-53)79-52-45(62)44(61)43(60)39(26-58)76-52)37(67-8)24-41(70-27)75-34-18-19-54(6)33(22-34)16-17-35-36(54)23-40(74-31(5)59)55(7)56(65,20-21-57(35,55)66)30(4)73-51(64)32-14-12-11-13-15-32/h11-15,27-30,33-50,52-53,58,60-63,65-66H,16-26H2,1-10H3/t27-,28-,29-,30+,33+,34+,35-,36+,37+,38-,39-,40-,41+,42+,43-,44+,45-,46-,47-,48-,49-,50-,52+,53+,54+,55-,56-,57+/m1/s1. The fourth-order valence-corrected chi connectivity index (χ4v) is 15.7. The lowest BCUT2D eigenvalue weighted by Crippen LogP contribution is -2.72. The maximum atomic E-state index is 13.3. The van der Waals surface area contributed by atoms with Gasteiger partial charge in [0.25, 0.3) is 0 Å². The van der Waals surface area contributed by atoms with Gasteiger partial charge in [-0.15, -0.1) is 0 Å². The van der Waals surface area contributed by atoms with Crippen molar-refractivity contribution in [1.29, 1.82) is 0 Å². The van der Waals surface area contributed by atoms with Crippen molar-refractivity contribution in [2.45, 2.75) is 253 Å². The zero-order valence-electron chi connectivity index (χ0n) is 47.3. The van der Waals surface area contributed by atoms with Crippen LogP contribution in [-0.2, 0) is 66.4 Å². The molecule has 0 amide bonds. The highest BCUT2D eigenvalue weighted by Gasteiger charge is 2.77. The fraction of sp³-hybridized carbons (Fsp3) is 0.860. The number of aliphatic hydroxyl groups is 7. The van der Waals surface area contributed by atoms with E-state index in [1.165, 1.54) is 14.0 Å². The van der Waals surface area contributed by atoms with E-state index in [1.54, 1.807) is 65.3 Å². The molecule has 9 rings (SSSR count). The Morgan fingerprint density at radius 1 is 0.658 bits per heavy atom. The summed E-state index contributed by atoms with van der Waals surface area (Å²) in [5, 5.41) is 78.3. The number of hydrogen-bond acceptors (Lipinski definition) is 22. The molecule has 4 saturated carbocycles. The van der Waals surface area contributed by atoms with Gasteiger partial charge in [0.2, 0.25) is 0 Å². The number of hydrogen-bond donors (Lipinski definition) is 7. The van der Waals surface area contributed by atoms with Crippen molar-refractivity contribution in [2.24, 2.45) is 28.6 Å². The number of carbonyl (C=O) groups is 2. The minimum Gasteiger partial charge on any atom is -0.462 e. The average molecular weight is 1130 g/mol. The normalized spacial score (nSPS) is 49.4. The first-order valence-corrected chi connectivity index (χ1v) is 28.5. The van der Waals surface area contributed by atoms with Crippen LogP contribution in [0.4, 0.5) is 0 Å². The molecule has 4 heterocycles. The lowest BCUT2D eigenvalue weighted by molar-refractivity contribution is -0.373. The summed E-state index contributed by atoms with van der Waals surface area (Å²) in [5.41, 5.74) is -4.30. The summed E-state index contributed by atoms with van der Waals surface area (Å²) in [4.78, 5) is 26.2. The molecule has 4 aliphatic heterocycles. The van der Waals surface area contributed by atoms with Crippen LogP contribution in [0.5, 0.6) is 0 Å². The van der Waals surface area contributed by atoms with E-state index in [0.29, 0.717) is 24.8 Å². The van der Waals surface area contributed by atoms with Crippen molar-refractivity contribution < 1.29 is 107 Å². The molecule has 22 nitrogen and oxygen atoms in total. The van der Waals surface area contributed by atoms with Gasteiger partial charge >= 0.3 is 11.9 Å². The van der Waals surface area contributed by atoms with Crippen LogP contribution in [0.15, 0.2) is 30.3 Å². The molecule has 22 heteroatoms. The number of benzene rings is 1. The molecule has 7 N–H and O–H groups in total. The van der Waals surface area contributed by atoms with Crippen LogP contribution in [0.25, 0.3) is 0 Å². The summed E-state index contributed by atoms with van der Waals surface area (Å²) in [7, 11) is 4.54. The molecule has 1 aromatic rings. The molecule has 79 heavy (non-hydrogen) atoms. The van der Waals surface area contributed by atoms with Gasteiger partial charge in [-0.25, -0.2) is 4.79 Å². The molecule has 28 atom stereocenters. The maximum absolute atomic E-state index is 13.3. The minimum absolute atomic E-state index is 0.0206. The predicted octanol–water partition coefficient (Wildman–Crippen LogP) is 2.42. The topological polar surface area (TPSA) is 296 Å². The summed E-state index contributed by atoms with van der Waals surface area (Å²) < 4.78 is 80.3. The van der Waals surface area contributed by atoms with E-state index < -0.39 is 158 Å². The van der Waals surface area contributed by atoms with Gasteiger partial charge in [0.15, 0.2) is 25.2 Å². The highest BCUT2D eigenvalue weighted by Crippen LogP contribution is 2.71. The van der Waals surface area contributed by atoms with E-state index in [2.05, 4.69) is 6.92 Å². The number of esters is 2. The largest absolute Gasteiger partial charge is 0.462 e. The Hall–Kier alpha value is -2.56. The van der Waals surface area contributed by atoms with Gasteiger partial charge in [0.05, 0.1) is 59.8 Å². The number of carbonyl (C=O) groups excluding carboxylic acids is 2. The van der Waals surface area contributed by atoms with Crippen molar-refractivity contribution in [3.05, 3.63) is 35.9 Å². The smallest absolute Gasteiger partial charge is 0.338 e. The second-order valence-electron chi connectivity index (χ2n) is 24.3. The third-order valence-electron chi connectivity index (χ3n) is 20.3. The number of methoxy groups -OCH3 is 3. The Labute approximate surface area is 462 Å². The Kier molecular flexibility index (Phi) is 18.7. The highest BCUT2D eigenvalue weighted by molar-refractivity contribution is 5.89. The monoisotopic (exact) mass is 1120 g/mol. The molecule has 8 aliphatic rings. The van der Waals surface area contributed by atoms with Gasteiger partial charge in [-0.3, -0.25) is 4.79 Å². The van der Waals surface area contributed by atoms with Gasteiger partial charge in [0.1, 0.15) is 72.7 Å². The van der Waals surface area contributed by atoms with Gasteiger partial charge in [-0.1, -0.05) is 32.0 Å². The van der Waals surface area contributed by atoms with Gasteiger partial charge in [0, 0.05) is 41.1 Å². The Morgan fingerprint density at radius 2 is 1.27 bits per heavy atom. The van der Waals surface area contributed by atoms with Crippen LogP contribution in [0.2, 0.25) is 0 Å². The predicted molar refractivity (Wildman–Crippen MR) is 274 cm³/mol. The van der Waals surface area contributed by atoms with Crippen LogP contribution in [0.1, 0.15) is 123 Å². The van der Waals surface area contributed by atoms with Gasteiger partial charge in [-0.2, -0.15) is 0 Å². The molecule has 4 saturated heterocycles. The second kappa shape index (κ2) is 24.2. The molecule has 448 valence electrons. The van der Waals surface area contributed by atoms with E-state index in [4.69, 9.17) is 61.6 Å². The van der Waals surface area contributed by atoms with Crippen molar-refractivity contribution in [2.75, 3.05) is 27.9 Å². The summed E-state index contributed by atoms with van der Waals surface area (Å²) in [6.07, 6.45) is -14.5. The maximum Gasteiger partial charge on any atom is 0.338 e. The van der Waals surface area contributed by atoms with Gasteiger partial charge < -0.3 is 97.3 Å². The number of fused-ring (bicyclic) bond motifs is 5. The van der Waals surface area contributed by atoms with Crippen molar-refractivity contribution in [1.82, 2.24) is 0 Å². The van der Waals surface area contributed by atoms with Crippen LogP contribution >= 0.6 is 0 Å². The highest BCUT2D eigenvalue weighted by atomic mass is 16.8. The summed E-state index contributed by atoms with van der Waals surface area (Å²) in [5.74, 6) is -1.05. The molecule has 0 bridgehead atoms. The molecule has 4 aliphatic carbocycles. The molecule has 8 fully saturated rings. The van der Waals surface area contributed by atoms with E-state index in [-0.39, 0.29) is 48.5 Å². The Morgan fingerprint density at radius 3 is 1.89 bits per heavy atom. The Balaban J connectivity index is 0.792. The quantitative estimate of drug-likeness (QED) is 0.0924. The van der Waals surface area contributed by atoms with Crippen LogP contribution in [0.3, 0.4) is 0 Å². The van der Waals surface area contributed by atoms with Crippen molar-refractivity contribution in [3.8, 4) is 0 Å². The van der Waals surface area contributed by atoms with E-state index >= 15 is 0 Å². The summed E-state index contributed by atoms with van der Waals surface area (Å²) in [6.45, 7) is 11.9. The average Bonchev–Trinajstić information content (AvgIpc) is 2.28. The van der Waals surface area contributed by atoms with E-state index in [0.717, 1.165) is 25.7 Å². The van der Waals surface area contributed by atoms with E-state index in [1.807, 2.05) is 13.8 Å². The first-order chi connectivity index (χ1) is 37.5. The minimum atomic E-state index is -1.68. The van der Waals surface area contributed by atoms with Crippen molar-refractivity contribution >= 4 is 11.9 Å².